The van der Waals surface area contributed by atoms with Crippen molar-refractivity contribution in [2.45, 2.75) is 13.5 Å². The van der Waals surface area contributed by atoms with Crippen molar-refractivity contribution in [2.75, 3.05) is 17.4 Å². The average Bonchev–Trinajstić information content (AvgIpc) is 2.38. The monoisotopic (exact) mass is 310 g/mol. The van der Waals surface area contributed by atoms with E-state index in [4.69, 9.17) is 29.0 Å². The molecule has 0 aliphatic carbocycles. The van der Waals surface area contributed by atoms with E-state index < -0.39 is 0 Å². The molecule has 1 aromatic heterocycles. The van der Waals surface area contributed by atoms with Crippen LogP contribution in [0, 0.1) is 6.92 Å². The van der Waals surface area contributed by atoms with Crippen LogP contribution in [0.25, 0.3) is 0 Å². The topological polar surface area (TPSA) is 54.2 Å². The van der Waals surface area contributed by atoms with E-state index in [1.165, 1.54) is 11.1 Å². The lowest BCUT2D eigenvalue weighted by atomic mass is 10.1. The molecule has 0 fully saturated rings. The number of hydrazine groups is 1. The number of benzene rings is 1. The molecule has 3 N–H and O–H groups in total. The maximum absolute atomic E-state index is 6.19. The number of halogens is 2. The third-order valence-electron chi connectivity index (χ3n) is 2.91. The Kier molecular flexibility index (Phi) is 4.70. The number of aryl methyl sites for hydroxylation is 1. The van der Waals surface area contributed by atoms with Gasteiger partial charge in [0.1, 0.15) is 5.82 Å². The van der Waals surface area contributed by atoms with Gasteiger partial charge < -0.3 is 10.3 Å². The molecule has 0 amide bonds. The smallest absolute Gasteiger partial charge is 0.161 e. The minimum absolute atomic E-state index is 0.394. The van der Waals surface area contributed by atoms with Gasteiger partial charge in [-0.1, -0.05) is 53.0 Å². The van der Waals surface area contributed by atoms with Crippen LogP contribution in [0.2, 0.25) is 10.0 Å². The van der Waals surface area contributed by atoms with Crippen molar-refractivity contribution in [1.82, 2.24) is 4.98 Å². The quantitative estimate of drug-likeness (QED) is 0.669. The summed E-state index contributed by atoms with van der Waals surface area (Å²) in [5.41, 5.74) is 4.86. The van der Waals surface area contributed by atoms with Gasteiger partial charge in [0.15, 0.2) is 5.82 Å². The molecule has 0 aliphatic heterocycles. The van der Waals surface area contributed by atoms with Crippen LogP contribution < -0.4 is 16.2 Å². The van der Waals surface area contributed by atoms with Crippen LogP contribution in [0.4, 0.5) is 11.6 Å². The van der Waals surface area contributed by atoms with Crippen LogP contribution in [0.1, 0.15) is 11.1 Å². The fourth-order valence-corrected chi connectivity index (χ4v) is 2.54. The van der Waals surface area contributed by atoms with Crippen LogP contribution in [0.3, 0.4) is 0 Å². The molecule has 1 heterocycles. The fourth-order valence-electron chi connectivity index (χ4n) is 1.99. The van der Waals surface area contributed by atoms with Crippen LogP contribution in [0.15, 0.2) is 30.3 Å². The third kappa shape index (κ3) is 3.33. The Labute approximate surface area is 128 Å². The highest BCUT2D eigenvalue weighted by Gasteiger charge is 2.12. The summed E-state index contributed by atoms with van der Waals surface area (Å²) in [6.45, 7) is 2.76. The lowest BCUT2D eigenvalue weighted by molar-refractivity contribution is 0.897. The number of hydrogen-bond donors (Lipinski definition) is 2. The zero-order valence-electron chi connectivity index (χ0n) is 11.3. The van der Waals surface area contributed by atoms with Gasteiger partial charge in [-0.3, -0.25) is 0 Å². The first kappa shape index (κ1) is 14.9. The molecule has 0 saturated carbocycles. The van der Waals surface area contributed by atoms with Crippen molar-refractivity contribution in [1.29, 1.82) is 0 Å². The van der Waals surface area contributed by atoms with Crippen molar-refractivity contribution in [3.8, 4) is 0 Å². The molecular formula is C14H16Cl2N4. The molecule has 0 saturated heterocycles. The lowest BCUT2D eigenvalue weighted by Crippen LogP contribution is -2.19. The van der Waals surface area contributed by atoms with Gasteiger partial charge in [0.25, 0.3) is 0 Å². The Morgan fingerprint density at radius 3 is 2.65 bits per heavy atom. The molecule has 0 spiro atoms. The van der Waals surface area contributed by atoms with E-state index >= 15 is 0 Å². The molecule has 4 nitrogen and oxygen atoms in total. The summed E-state index contributed by atoms with van der Waals surface area (Å²) in [6.07, 6.45) is 0. The van der Waals surface area contributed by atoms with Crippen molar-refractivity contribution in [2.24, 2.45) is 5.84 Å². The second kappa shape index (κ2) is 6.31. The summed E-state index contributed by atoms with van der Waals surface area (Å²) >= 11 is 12.2. The second-order valence-corrected chi connectivity index (χ2v) is 5.43. The van der Waals surface area contributed by atoms with E-state index in [1.54, 1.807) is 6.07 Å². The second-order valence-electron chi connectivity index (χ2n) is 4.61. The van der Waals surface area contributed by atoms with Crippen LogP contribution in [-0.2, 0) is 6.54 Å². The fraction of sp³-hybridized carbons (Fsp3) is 0.214. The van der Waals surface area contributed by atoms with E-state index in [1.807, 2.05) is 18.0 Å². The molecule has 0 atom stereocenters. The molecule has 0 bridgehead atoms. The molecule has 0 radical (unpaired) electrons. The number of pyridine rings is 1. The first-order chi connectivity index (χ1) is 9.51. The minimum Gasteiger partial charge on any atom is -0.354 e. The number of rotatable bonds is 4. The standard InChI is InChI=1S/C14H16Cl2N4/c1-9-4-3-5-10(6-9)8-20(2)14-12(16)7-11(15)13(18-14)19-17/h3-7H,8,17H2,1-2H3,(H,18,19). The highest BCUT2D eigenvalue weighted by Crippen LogP contribution is 2.31. The van der Waals surface area contributed by atoms with Crippen molar-refractivity contribution >= 4 is 34.8 Å². The van der Waals surface area contributed by atoms with Gasteiger partial charge in [0, 0.05) is 13.6 Å². The number of nitrogens with two attached hydrogens (primary N) is 1. The van der Waals surface area contributed by atoms with Gasteiger partial charge in [-0.25, -0.2) is 10.8 Å². The van der Waals surface area contributed by atoms with E-state index in [9.17, 15) is 0 Å². The third-order valence-corrected chi connectivity index (χ3v) is 3.48. The van der Waals surface area contributed by atoms with Gasteiger partial charge in [0.2, 0.25) is 0 Å². The lowest BCUT2D eigenvalue weighted by Gasteiger charge is -2.20. The molecule has 2 aromatic rings. The molecule has 1 aromatic carbocycles. The Bertz CT molecular complexity index is 616. The highest BCUT2D eigenvalue weighted by molar-refractivity contribution is 6.37. The summed E-state index contributed by atoms with van der Waals surface area (Å²) < 4.78 is 0. The summed E-state index contributed by atoms with van der Waals surface area (Å²) in [7, 11) is 1.92. The van der Waals surface area contributed by atoms with Crippen molar-refractivity contribution in [3.63, 3.8) is 0 Å². The zero-order chi connectivity index (χ0) is 14.7. The average molecular weight is 311 g/mol. The Balaban J connectivity index is 2.27. The Morgan fingerprint density at radius 2 is 2.00 bits per heavy atom. The van der Waals surface area contributed by atoms with Gasteiger partial charge in [0.05, 0.1) is 10.0 Å². The van der Waals surface area contributed by atoms with E-state index in [-0.39, 0.29) is 0 Å². The van der Waals surface area contributed by atoms with E-state index in [0.717, 1.165) is 0 Å². The number of nitrogens with one attached hydrogen (secondary N) is 1. The summed E-state index contributed by atoms with van der Waals surface area (Å²) in [6, 6.07) is 9.92. The highest BCUT2D eigenvalue weighted by atomic mass is 35.5. The summed E-state index contributed by atoms with van der Waals surface area (Å²) in [5.74, 6) is 6.42. The zero-order valence-corrected chi connectivity index (χ0v) is 12.8. The maximum Gasteiger partial charge on any atom is 0.161 e. The van der Waals surface area contributed by atoms with Crippen LogP contribution >= 0.6 is 23.2 Å². The summed E-state index contributed by atoms with van der Waals surface area (Å²) in [4.78, 5) is 6.29. The Hall–Kier alpha value is -1.49. The molecule has 106 valence electrons. The number of anilines is 2. The van der Waals surface area contributed by atoms with E-state index in [2.05, 4.69) is 35.5 Å². The molecule has 20 heavy (non-hydrogen) atoms. The number of nitrogen functional groups attached to an aromatic ring is 1. The van der Waals surface area contributed by atoms with Crippen LogP contribution in [0.5, 0.6) is 0 Å². The molecular weight excluding hydrogens is 295 g/mol. The van der Waals surface area contributed by atoms with Gasteiger partial charge in [-0.15, -0.1) is 0 Å². The number of aromatic nitrogens is 1. The van der Waals surface area contributed by atoms with Gasteiger partial charge >= 0.3 is 0 Å². The van der Waals surface area contributed by atoms with Crippen LogP contribution in [-0.4, -0.2) is 12.0 Å². The maximum atomic E-state index is 6.19. The predicted molar refractivity (Wildman–Crippen MR) is 85.4 cm³/mol. The van der Waals surface area contributed by atoms with Gasteiger partial charge in [-0.05, 0) is 18.6 Å². The number of nitrogens with zero attached hydrogens (tertiary/aromatic N) is 2. The predicted octanol–water partition coefficient (Wildman–Crippen LogP) is 3.62. The largest absolute Gasteiger partial charge is 0.354 e. The SMILES string of the molecule is Cc1cccc(CN(C)c2nc(NN)c(Cl)cc2Cl)c1. The molecule has 6 heteroatoms. The molecule has 0 aliphatic rings. The van der Waals surface area contributed by atoms with Crippen molar-refractivity contribution in [3.05, 3.63) is 51.5 Å². The first-order valence-corrected chi connectivity index (χ1v) is 6.86. The molecule has 2 rings (SSSR count). The van der Waals surface area contributed by atoms with E-state index in [0.29, 0.717) is 28.2 Å². The summed E-state index contributed by atoms with van der Waals surface area (Å²) in [5, 5.41) is 0.884. The first-order valence-electron chi connectivity index (χ1n) is 6.10. The Morgan fingerprint density at radius 1 is 1.25 bits per heavy atom. The molecule has 0 unspecified atom stereocenters. The van der Waals surface area contributed by atoms with Gasteiger partial charge in [-0.2, -0.15) is 0 Å². The minimum atomic E-state index is 0.394. The normalized spacial score (nSPS) is 10.4. The van der Waals surface area contributed by atoms with Crippen molar-refractivity contribution < 1.29 is 0 Å². The number of hydrogen-bond acceptors (Lipinski definition) is 4.